The molecule has 2 bridgehead atoms. The van der Waals surface area contributed by atoms with Gasteiger partial charge >= 0.3 is 0 Å². The lowest BCUT2D eigenvalue weighted by Gasteiger charge is -2.51. The maximum Gasteiger partial charge on any atom is 0.264 e. The van der Waals surface area contributed by atoms with Gasteiger partial charge in [0.1, 0.15) is 23.6 Å². The molecule has 0 aliphatic carbocycles. The summed E-state index contributed by atoms with van der Waals surface area (Å²) in [4.78, 5) is 41.1. The number of amides is 2. The SMILES string of the molecule is CNC(=O)[C@@H](C)[C@H]1C(=O)C(=C(O)/C=C/C(C)=C/[C@@H](C)[C@@H]2O[C@]3(C)O[C@@H](C=C[C@]34CO4)[C@@H]2C)C(=O)N1[C@@H]1CC[C@H](O)[C@H](C)O1. The number of likely N-dealkylation sites (tertiary alicyclic amines) is 1. The Morgan fingerprint density at radius 3 is 2.51 bits per heavy atom. The highest BCUT2D eigenvalue weighted by molar-refractivity contribution is 6.27. The van der Waals surface area contributed by atoms with E-state index in [9.17, 15) is 24.6 Å². The molecule has 0 aromatic heterocycles. The molecule has 5 aliphatic heterocycles. The predicted molar refractivity (Wildman–Crippen MR) is 155 cm³/mol. The Labute approximate surface area is 252 Å². The number of carbonyl (C=O) groups excluding carboxylic acids is 3. The fraction of sp³-hybridized carbons (Fsp3) is 0.656. The van der Waals surface area contributed by atoms with Crippen molar-refractivity contribution in [1.29, 1.82) is 0 Å². The van der Waals surface area contributed by atoms with E-state index in [1.807, 2.05) is 19.9 Å². The molecule has 0 saturated carbocycles. The zero-order valence-corrected chi connectivity index (χ0v) is 25.9. The first-order valence-corrected chi connectivity index (χ1v) is 15.1. The van der Waals surface area contributed by atoms with E-state index in [-0.39, 0.29) is 29.6 Å². The van der Waals surface area contributed by atoms with Crippen LogP contribution in [0, 0.1) is 17.8 Å². The molecule has 11 atom stereocenters. The van der Waals surface area contributed by atoms with Crippen molar-refractivity contribution in [2.24, 2.45) is 17.8 Å². The molecule has 4 saturated heterocycles. The second-order valence-corrected chi connectivity index (χ2v) is 12.7. The van der Waals surface area contributed by atoms with Crippen LogP contribution < -0.4 is 5.32 Å². The number of Topliss-reactive ketones (excluding diaryl/α,β-unsaturated/α-hetero) is 1. The highest BCUT2D eigenvalue weighted by Gasteiger charge is 2.66. The fourth-order valence-corrected chi connectivity index (χ4v) is 6.82. The van der Waals surface area contributed by atoms with Crippen molar-refractivity contribution in [1.82, 2.24) is 10.2 Å². The van der Waals surface area contributed by atoms with E-state index in [0.717, 1.165) is 5.57 Å². The van der Waals surface area contributed by atoms with E-state index < -0.39 is 65.1 Å². The summed E-state index contributed by atoms with van der Waals surface area (Å²) >= 11 is 0. The summed E-state index contributed by atoms with van der Waals surface area (Å²) in [6.07, 6.45) is 7.46. The van der Waals surface area contributed by atoms with E-state index in [0.29, 0.717) is 19.4 Å². The fourth-order valence-electron chi connectivity index (χ4n) is 6.82. The number of epoxide rings is 1. The largest absolute Gasteiger partial charge is 0.507 e. The number of aliphatic hydroxyl groups is 2. The van der Waals surface area contributed by atoms with Crippen molar-refractivity contribution < 1.29 is 43.5 Å². The summed E-state index contributed by atoms with van der Waals surface area (Å²) in [7, 11) is 1.46. The number of carbonyl (C=O) groups is 3. The van der Waals surface area contributed by atoms with Crippen molar-refractivity contribution in [3.8, 4) is 0 Å². The van der Waals surface area contributed by atoms with Gasteiger partial charge in [-0.2, -0.15) is 0 Å². The number of ketones is 1. The van der Waals surface area contributed by atoms with Gasteiger partial charge in [-0.15, -0.1) is 0 Å². The average molecular weight is 601 g/mol. The molecule has 1 spiro atoms. The minimum Gasteiger partial charge on any atom is -0.507 e. The molecule has 11 nitrogen and oxygen atoms in total. The summed E-state index contributed by atoms with van der Waals surface area (Å²) in [5.41, 5.74) is -0.127. The molecule has 5 heterocycles. The Morgan fingerprint density at radius 1 is 1.19 bits per heavy atom. The zero-order valence-electron chi connectivity index (χ0n) is 25.9. The van der Waals surface area contributed by atoms with Crippen molar-refractivity contribution in [3.63, 3.8) is 0 Å². The van der Waals surface area contributed by atoms with Gasteiger partial charge in [0.25, 0.3) is 5.91 Å². The molecule has 236 valence electrons. The summed E-state index contributed by atoms with van der Waals surface area (Å²) in [5.74, 6) is -3.93. The third kappa shape index (κ3) is 5.50. The van der Waals surface area contributed by atoms with Gasteiger partial charge in [-0.05, 0) is 45.8 Å². The summed E-state index contributed by atoms with van der Waals surface area (Å²) in [6.45, 7) is 11.7. The Bertz CT molecular complexity index is 1280. The van der Waals surface area contributed by atoms with Crippen molar-refractivity contribution in [2.75, 3.05) is 13.7 Å². The van der Waals surface area contributed by atoms with Gasteiger partial charge in [0.05, 0.1) is 36.9 Å². The molecular weight excluding hydrogens is 556 g/mol. The van der Waals surface area contributed by atoms with Gasteiger partial charge < -0.3 is 39.4 Å². The third-order valence-corrected chi connectivity index (χ3v) is 9.67. The number of rotatable bonds is 7. The van der Waals surface area contributed by atoms with Crippen molar-refractivity contribution in [3.05, 3.63) is 47.3 Å². The Kier molecular flexibility index (Phi) is 8.51. The van der Waals surface area contributed by atoms with Gasteiger partial charge in [0.15, 0.2) is 11.4 Å². The lowest BCUT2D eigenvalue weighted by molar-refractivity contribution is -0.346. The highest BCUT2D eigenvalue weighted by Crippen LogP contribution is 2.52. The lowest BCUT2D eigenvalue weighted by Crippen LogP contribution is -2.61. The minimum atomic E-state index is -1.15. The monoisotopic (exact) mass is 600 g/mol. The Morgan fingerprint density at radius 2 is 1.88 bits per heavy atom. The van der Waals surface area contributed by atoms with Crippen LogP contribution in [0.3, 0.4) is 0 Å². The molecule has 5 aliphatic rings. The van der Waals surface area contributed by atoms with Crippen LogP contribution in [0.5, 0.6) is 0 Å². The van der Waals surface area contributed by atoms with Crippen LogP contribution in [0.15, 0.2) is 47.3 Å². The van der Waals surface area contributed by atoms with Crippen LogP contribution in [0.1, 0.15) is 54.4 Å². The standard InChI is InChI=1S/C32H44N2O9/c1-16(14-17(2)28-18(3)23-12-13-32(15-40-32)31(6,42-23)43-28)8-9-22(36)25-27(37)26(19(4)29(38)33-7)34(30(25)39)24-11-10-21(35)20(5)41-24/h8-9,12-14,17-21,23-24,26,28,35-36H,10-11,15H2,1-7H3,(H,33,38)/b9-8+,16-14+,25-22?/t17-,18+,19+,20+,21+,23+,24+,26+,28+,31+,32+/m1/s1. The summed E-state index contributed by atoms with van der Waals surface area (Å²) in [5, 5.41) is 23.7. The highest BCUT2D eigenvalue weighted by atomic mass is 16.8. The lowest BCUT2D eigenvalue weighted by atomic mass is 9.82. The van der Waals surface area contributed by atoms with Crippen LogP contribution in [0.2, 0.25) is 0 Å². The number of nitrogens with zero attached hydrogens (tertiary/aromatic N) is 1. The number of ether oxygens (including phenoxy) is 4. The second kappa shape index (κ2) is 11.6. The molecule has 2 amide bonds. The maximum absolute atomic E-state index is 13.6. The summed E-state index contributed by atoms with van der Waals surface area (Å²) < 4.78 is 24.3. The molecule has 43 heavy (non-hydrogen) atoms. The number of fused-ring (bicyclic) bond motifs is 3. The number of allylic oxidation sites excluding steroid dienone is 3. The predicted octanol–water partition coefficient (Wildman–Crippen LogP) is 2.46. The van der Waals surface area contributed by atoms with E-state index in [2.05, 4.69) is 31.3 Å². The van der Waals surface area contributed by atoms with Crippen LogP contribution in [-0.4, -0.2) is 94.4 Å². The number of hydrogen-bond donors (Lipinski definition) is 3. The Balaban J connectivity index is 1.36. The first-order valence-electron chi connectivity index (χ1n) is 15.1. The number of nitrogens with one attached hydrogen (secondary N) is 1. The number of hydrogen-bond acceptors (Lipinski definition) is 9. The molecule has 0 aromatic carbocycles. The molecular formula is C32H44N2O9. The van der Waals surface area contributed by atoms with Gasteiger partial charge in [-0.3, -0.25) is 14.4 Å². The quantitative estimate of drug-likeness (QED) is 0.100. The molecule has 0 aromatic rings. The minimum absolute atomic E-state index is 0.0220. The van der Waals surface area contributed by atoms with Crippen LogP contribution in [-0.2, 0) is 33.3 Å². The number of aliphatic hydroxyl groups excluding tert-OH is 2. The van der Waals surface area contributed by atoms with Crippen LogP contribution >= 0.6 is 0 Å². The van der Waals surface area contributed by atoms with Gasteiger partial charge in [0, 0.05) is 18.9 Å². The van der Waals surface area contributed by atoms with E-state index in [1.165, 1.54) is 18.0 Å². The van der Waals surface area contributed by atoms with Gasteiger partial charge in [-0.1, -0.05) is 44.6 Å². The van der Waals surface area contributed by atoms with E-state index in [1.54, 1.807) is 19.9 Å². The third-order valence-electron chi connectivity index (χ3n) is 9.67. The molecule has 0 radical (unpaired) electrons. The maximum atomic E-state index is 13.6. The van der Waals surface area contributed by atoms with Crippen molar-refractivity contribution >= 4 is 17.6 Å². The van der Waals surface area contributed by atoms with Crippen LogP contribution in [0.25, 0.3) is 0 Å². The van der Waals surface area contributed by atoms with Crippen LogP contribution in [0.4, 0.5) is 0 Å². The Hall–Kier alpha value is -2.83. The average Bonchev–Trinajstić information content (AvgIpc) is 3.71. The van der Waals surface area contributed by atoms with E-state index >= 15 is 0 Å². The smallest absolute Gasteiger partial charge is 0.264 e. The zero-order chi connectivity index (χ0) is 31.4. The van der Waals surface area contributed by atoms with E-state index in [4.69, 9.17) is 18.9 Å². The normalized spacial score (nSPS) is 42.0. The molecule has 0 unspecified atom stereocenters. The first kappa shape index (κ1) is 31.6. The van der Waals surface area contributed by atoms with Gasteiger partial charge in [-0.25, -0.2) is 0 Å². The van der Waals surface area contributed by atoms with Gasteiger partial charge in [0.2, 0.25) is 11.7 Å². The molecule has 3 N–H and O–H groups in total. The second-order valence-electron chi connectivity index (χ2n) is 12.7. The van der Waals surface area contributed by atoms with Crippen molar-refractivity contribution in [2.45, 2.75) is 102 Å². The summed E-state index contributed by atoms with van der Waals surface area (Å²) in [6, 6.07) is -1.15. The first-order chi connectivity index (χ1) is 20.2. The topological polar surface area (TPSA) is 147 Å². The molecule has 11 heteroatoms. The molecule has 4 fully saturated rings. The molecule has 5 rings (SSSR count).